The predicted molar refractivity (Wildman–Crippen MR) is 60.6 cm³/mol. The Morgan fingerprint density at radius 2 is 2.07 bits per heavy atom. The number of nitrogens with one attached hydrogen (secondary N) is 2. The molecule has 2 aliphatic rings. The molecule has 1 heterocycles. The van der Waals surface area contributed by atoms with Gasteiger partial charge >= 0.3 is 0 Å². The summed E-state index contributed by atoms with van der Waals surface area (Å²) in [5.74, 6) is 1.09. The number of carbonyl (C=O) groups is 1. The molecule has 2 fully saturated rings. The van der Waals surface area contributed by atoms with Crippen LogP contribution >= 0.6 is 0 Å². The van der Waals surface area contributed by atoms with E-state index in [1.807, 2.05) is 0 Å². The molecule has 0 radical (unpaired) electrons. The molecule has 1 amide bonds. The fourth-order valence-electron chi connectivity index (χ4n) is 2.71. The van der Waals surface area contributed by atoms with Gasteiger partial charge in [0, 0.05) is 19.0 Å². The first-order valence-corrected chi connectivity index (χ1v) is 6.34. The van der Waals surface area contributed by atoms with E-state index in [1.165, 1.54) is 25.7 Å². The molecule has 15 heavy (non-hydrogen) atoms. The van der Waals surface area contributed by atoms with Crippen molar-refractivity contribution < 1.29 is 4.79 Å². The van der Waals surface area contributed by atoms with Gasteiger partial charge in [-0.15, -0.1) is 0 Å². The van der Waals surface area contributed by atoms with E-state index in [2.05, 4.69) is 10.6 Å². The first-order chi connectivity index (χ1) is 7.34. The lowest BCUT2D eigenvalue weighted by Gasteiger charge is -2.12. The van der Waals surface area contributed by atoms with Crippen LogP contribution in [0.2, 0.25) is 0 Å². The van der Waals surface area contributed by atoms with Crippen molar-refractivity contribution in [3.63, 3.8) is 0 Å². The molecule has 1 saturated carbocycles. The van der Waals surface area contributed by atoms with E-state index in [9.17, 15) is 4.79 Å². The van der Waals surface area contributed by atoms with Crippen LogP contribution in [0.3, 0.4) is 0 Å². The van der Waals surface area contributed by atoms with Gasteiger partial charge in [-0.2, -0.15) is 0 Å². The lowest BCUT2D eigenvalue weighted by atomic mass is 10.0. The van der Waals surface area contributed by atoms with E-state index < -0.39 is 0 Å². The third-order valence-electron chi connectivity index (χ3n) is 3.68. The maximum atomic E-state index is 11.6. The zero-order valence-corrected chi connectivity index (χ0v) is 9.43. The molecule has 3 nitrogen and oxygen atoms in total. The number of hydrogen-bond donors (Lipinski definition) is 2. The molecule has 2 N–H and O–H groups in total. The van der Waals surface area contributed by atoms with Crippen LogP contribution in [0.5, 0.6) is 0 Å². The summed E-state index contributed by atoms with van der Waals surface area (Å²) >= 11 is 0. The van der Waals surface area contributed by atoms with Crippen molar-refractivity contribution in [3.8, 4) is 0 Å². The van der Waals surface area contributed by atoms with Gasteiger partial charge in [0.25, 0.3) is 0 Å². The van der Waals surface area contributed by atoms with Gasteiger partial charge in [0.2, 0.25) is 5.91 Å². The minimum Gasteiger partial charge on any atom is -0.352 e. The smallest absolute Gasteiger partial charge is 0.220 e. The lowest BCUT2D eigenvalue weighted by Crippen LogP contribution is -2.36. The molecule has 0 aromatic carbocycles. The van der Waals surface area contributed by atoms with Crippen molar-refractivity contribution in [3.05, 3.63) is 0 Å². The standard InChI is InChI=1S/C12H22N2O/c15-12(14-11-7-8-13-9-11)6-5-10-3-1-2-4-10/h10-11,13H,1-9H2,(H,14,15)/t11-/m0/s1. The molecule has 86 valence electrons. The molecule has 0 bridgehead atoms. The van der Waals surface area contributed by atoms with Gasteiger partial charge in [0.1, 0.15) is 0 Å². The van der Waals surface area contributed by atoms with Crippen molar-refractivity contribution in [2.24, 2.45) is 5.92 Å². The van der Waals surface area contributed by atoms with Crippen LogP contribution in [-0.2, 0) is 4.79 Å². The van der Waals surface area contributed by atoms with Crippen molar-refractivity contribution >= 4 is 5.91 Å². The fraction of sp³-hybridized carbons (Fsp3) is 0.917. The summed E-state index contributed by atoms with van der Waals surface area (Å²) in [4.78, 5) is 11.6. The third-order valence-corrected chi connectivity index (χ3v) is 3.68. The highest BCUT2D eigenvalue weighted by molar-refractivity contribution is 5.76. The summed E-state index contributed by atoms with van der Waals surface area (Å²) in [7, 11) is 0. The molecular formula is C12H22N2O. The molecule has 3 heteroatoms. The van der Waals surface area contributed by atoms with Gasteiger partial charge < -0.3 is 10.6 Å². The molecule has 1 saturated heterocycles. The molecule has 1 aliphatic carbocycles. The lowest BCUT2D eigenvalue weighted by molar-refractivity contribution is -0.122. The molecular weight excluding hydrogens is 188 g/mol. The molecule has 0 spiro atoms. The highest BCUT2D eigenvalue weighted by Crippen LogP contribution is 2.28. The topological polar surface area (TPSA) is 41.1 Å². The number of hydrogen-bond acceptors (Lipinski definition) is 2. The maximum Gasteiger partial charge on any atom is 0.220 e. The van der Waals surface area contributed by atoms with E-state index in [4.69, 9.17) is 0 Å². The minimum absolute atomic E-state index is 0.260. The van der Waals surface area contributed by atoms with Gasteiger partial charge in [-0.05, 0) is 25.3 Å². The maximum absolute atomic E-state index is 11.6. The van der Waals surface area contributed by atoms with Crippen molar-refractivity contribution in [1.82, 2.24) is 10.6 Å². The van der Waals surface area contributed by atoms with E-state index >= 15 is 0 Å². The number of carbonyl (C=O) groups excluding carboxylic acids is 1. The second kappa shape index (κ2) is 5.50. The second-order valence-corrected chi connectivity index (χ2v) is 4.95. The van der Waals surface area contributed by atoms with Gasteiger partial charge in [0.15, 0.2) is 0 Å². The first-order valence-electron chi connectivity index (χ1n) is 6.34. The minimum atomic E-state index is 0.260. The van der Waals surface area contributed by atoms with Crippen LogP contribution in [0.4, 0.5) is 0 Å². The summed E-state index contributed by atoms with van der Waals surface area (Å²) in [6.07, 6.45) is 8.37. The zero-order valence-electron chi connectivity index (χ0n) is 9.43. The third kappa shape index (κ3) is 3.49. The largest absolute Gasteiger partial charge is 0.352 e. The second-order valence-electron chi connectivity index (χ2n) is 4.95. The Bertz CT molecular complexity index is 206. The number of amides is 1. The van der Waals surface area contributed by atoms with Gasteiger partial charge in [-0.25, -0.2) is 0 Å². The SMILES string of the molecule is O=C(CCC1CCCC1)N[C@H]1CCNC1. The first kappa shape index (κ1) is 10.9. The van der Waals surface area contributed by atoms with Crippen LogP contribution in [0.15, 0.2) is 0 Å². The van der Waals surface area contributed by atoms with Gasteiger partial charge in [0.05, 0.1) is 0 Å². The highest BCUT2D eigenvalue weighted by Gasteiger charge is 2.19. The van der Waals surface area contributed by atoms with Crippen molar-refractivity contribution in [1.29, 1.82) is 0 Å². The van der Waals surface area contributed by atoms with Crippen LogP contribution in [0.1, 0.15) is 44.9 Å². The molecule has 0 aromatic rings. The predicted octanol–water partition coefficient (Wildman–Crippen LogP) is 1.43. The summed E-state index contributed by atoms with van der Waals surface area (Å²) in [5.41, 5.74) is 0. The average molecular weight is 210 g/mol. The van der Waals surface area contributed by atoms with Gasteiger partial charge in [-0.1, -0.05) is 25.7 Å². The average Bonchev–Trinajstić information content (AvgIpc) is 2.86. The molecule has 0 aromatic heterocycles. The van der Waals surface area contributed by atoms with E-state index in [0.29, 0.717) is 6.04 Å². The Morgan fingerprint density at radius 1 is 1.27 bits per heavy atom. The van der Waals surface area contributed by atoms with Crippen LogP contribution in [0, 0.1) is 5.92 Å². The van der Waals surface area contributed by atoms with Crippen LogP contribution < -0.4 is 10.6 Å². The van der Waals surface area contributed by atoms with E-state index in [0.717, 1.165) is 38.3 Å². The Kier molecular flexibility index (Phi) is 4.01. The van der Waals surface area contributed by atoms with E-state index in [1.54, 1.807) is 0 Å². The molecule has 0 unspecified atom stereocenters. The molecule has 2 rings (SSSR count). The zero-order chi connectivity index (χ0) is 10.5. The molecule has 1 atom stereocenters. The Labute approximate surface area is 92.0 Å². The van der Waals surface area contributed by atoms with Crippen LogP contribution in [0.25, 0.3) is 0 Å². The normalized spacial score (nSPS) is 27.1. The number of rotatable bonds is 4. The summed E-state index contributed by atoms with van der Waals surface area (Å²) in [6.45, 7) is 2.00. The quantitative estimate of drug-likeness (QED) is 0.737. The summed E-state index contributed by atoms with van der Waals surface area (Å²) in [6, 6.07) is 0.390. The highest BCUT2D eigenvalue weighted by atomic mass is 16.1. The molecule has 1 aliphatic heterocycles. The van der Waals surface area contributed by atoms with Crippen LogP contribution in [-0.4, -0.2) is 25.0 Å². The summed E-state index contributed by atoms with van der Waals surface area (Å²) < 4.78 is 0. The van der Waals surface area contributed by atoms with E-state index in [-0.39, 0.29) is 5.91 Å². The Hall–Kier alpha value is -0.570. The Balaban J connectivity index is 1.59. The fourth-order valence-corrected chi connectivity index (χ4v) is 2.71. The monoisotopic (exact) mass is 210 g/mol. The summed E-state index contributed by atoms with van der Waals surface area (Å²) in [5, 5.41) is 6.36. The Morgan fingerprint density at radius 3 is 2.73 bits per heavy atom. The van der Waals surface area contributed by atoms with Crippen molar-refractivity contribution in [2.75, 3.05) is 13.1 Å². The van der Waals surface area contributed by atoms with Gasteiger partial charge in [-0.3, -0.25) is 4.79 Å². The van der Waals surface area contributed by atoms with Crippen molar-refractivity contribution in [2.45, 2.75) is 51.0 Å².